The molecular weight excluding hydrogens is 190 g/mol. The van der Waals surface area contributed by atoms with Gasteiger partial charge in [-0.1, -0.05) is 20.3 Å². The van der Waals surface area contributed by atoms with Crippen LogP contribution in [0.4, 0.5) is 0 Å². The molecule has 1 unspecified atom stereocenters. The molecule has 0 rings (SSSR count). The van der Waals surface area contributed by atoms with Gasteiger partial charge in [0.25, 0.3) is 0 Å². The lowest BCUT2D eigenvalue weighted by Gasteiger charge is -2.22. The highest BCUT2D eigenvalue weighted by molar-refractivity contribution is 5.82. The maximum Gasteiger partial charge on any atom is 0.237 e. The van der Waals surface area contributed by atoms with Crippen molar-refractivity contribution in [2.45, 2.75) is 39.3 Å². The smallest absolute Gasteiger partial charge is 0.237 e. The van der Waals surface area contributed by atoms with Crippen LogP contribution in [0.5, 0.6) is 0 Å². The van der Waals surface area contributed by atoms with Crippen molar-refractivity contribution in [3.8, 4) is 0 Å². The molecular formula is C11H25N3O. The Bertz CT molecular complexity index is 194. The fraction of sp³-hybridized carbons (Fsp3) is 0.909. The molecule has 0 spiro atoms. The van der Waals surface area contributed by atoms with Crippen LogP contribution >= 0.6 is 0 Å². The molecule has 0 fully saturated rings. The monoisotopic (exact) mass is 215 g/mol. The van der Waals surface area contributed by atoms with E-state index in [1.807, 2.05) is 39.8 Å². The molecule has 1 amide bonds. The predicted molar refractivity (Wildman–Crippen MR) is 63.6 cm³/mol. The lowest BCUT2D eigenvalue weighted by Crippen LogP contribution is -2.49. The Kier molecular flexibility index (Phi) is 6.52. The quantitative estimate of drug-likeness (QED) is 0.675. The molecule has 0 radical (unpaired) electrons. The molecule has 3 atom stereocenters. The molecule has 0 aliphatic carbocycles. The van der Waals surface area contributed by atoms with E-state index in [9.17, 15) is 4.79 Å². The summed E-state index contributed by atoms with van der Waals surface area (Å²) in [5.41, 5.74) is 5.82. The van der Waals surface area contributed by atoms with Crippen molar-refractivity contribution in [1.82, 2.24) is 10.2 Å². The van der Waals surface area contributed by atoms with Crippen LogP contribution in [0.15, 0.2) is 0 Å². The Labute approximate surface area is 93.2 Å². The van der Waals surface area contributed by atoms with Gasteiger partial charge in [-0.2, -0.15) is 0 Å². The van der Waals surface area contributed by atoms with E-state index >= 15 is 0 Å². The van der Waals surface area contributed by atoms with Crippen molar-refractivity contribution in [3.05, 3.63) is 0 Å². The molecule has 3 N–H and O–H groups in total. The second-order valence-corrected chi connectivity index (χ2v) is 4.58. The third kappa shape index (κ3) is 5.74. The summed E-state index contributed by atoms with van der Waals surface area (Å²) in [7, 11) is 3.97. The van der Waals surface area contributed by atoms with Gasteiger partial charge in [0.2, 0.25) is 5.91 Å². The minimum Gasteiger partial charge on any atom is -0.351 e. The van der Waals surface area contributed by atoms with Crippen molar-refractivity contribution in [1.29, 1.82) is 0 Å². The van der Waals surface area contributed by atoms with E-state index in [1.54, 1.807) is 0 Å². The Morgan fingerprint density at radius 3 is 2.33 bits per heavy atom. The summed E-state index contributed by atoms with van der Waals surface area (Å²) in [6.07, 6.45) is 0.927. The molecule has 0 heterocycles. The minimum absolute atomic E-state index is 0.0429. The van der Waals surface area contributed by atoms with Crippen molar-refractivity contribution in [2.24, 2.45) is 11.7 Å². The van der Waals surface area contributed by atoms with Crippen LogP contribution in [0.3, 0.4) is 0 Å². The average molecular weight is 215 g/mol. The molecule has 15 heavy (non-hydrogen) atoms. The topological polar surface area (TPSA) is 58.4 Å². The number of hydrogen-bond donors (Lipinski definition) is 2. The minimum atomic E-state index is -0.389. The molecule has 0 aromatic rings. The summed E-state index contributed by atoms with van der Waals surface area (Å²) in [4.78, 5) is 13.7. The third-order valence-corrected chi connectivity index (χ3v) is 2.59. The van der Waals surface area contributed by atoms with Crippen LogP contribution in [0.1, 0.15) is 27.2 Å². The fourth-order valence-corrected chi connectivity index (χ4v) is 1.44. The van der Waals surface area contributed by atoms with Gasteiger partial charge in [-0.15, -0.1) is 0 Å². The van der Waals surface area contributed by atoms with Gasteiger partial charge >= 0.3 is 0 Å². The number of rotatable bonds is 6. The van der Waals surface area contributed by atoms with Crippen LogP contribution in [0, 0.1) is 5.92 Å². The summed E-state index contributed by atoms with van der Waals surface area (Å²) in [5, 5.41) is 2.92. The molecule has 4 nitrogen and oxygen atoms in total. The highest BCUT2D eigenvalue weighted by Gasteiger charge is 2.20. The van der Waals surface area contributed by atoms with Gasteiger partial charge in [-0.05, 0) is 26.9 Å². The zero-order valence-electron chi connectivity index (χ0n) is 10.6. The van der Waals surface area contributed by atoms with Gasteiger partial charge in [-0.3, -0.25) is 4.79 Å². The first-order valence-electron chi connectivity index (χ1n) is 5.59. The zero-order chi connectivity index (χ0) is 12.0. The first kappa shape index (κ1) is 14.4. The maximum atomic E-state index is 11.7. The average Bonchev–Trinajstić information content (AvgIpc) is 2.13. The largest absolute Gasteiger partial charge is 0.351 e. The number of nitrogens with one attached hydrogen (secondary N) is 1. The molecule has 90 valence electrons. The van der Waals surface area contributed by atoms with Crippen molar-refractivity contribution in [3.63, 3.8) is 0 Å². The number of nitrogens with zero attached hydrogens (tertiary/aromatic N) is 1. The van der Waals surface area contributed by atoms with E-state index in [4.69, 9.17) is 5.73 Å². The molecule has 4 heteroatoms. The van der Waals surface area contributed by atoms with Gasteiger partial charge in [0.1, 0.15) is 0 Å². The van der Waals surface area contributed by atoms with Crippen molar-refractivity contribution in [2.75, 3.05) is 20.6 Å². The van der Waals surface area contributed by atoms with Crippen LogP contribution in [-0.2, 0) is 4.79 Å². The Morgan fingerprint density at radius 1 is 1.40 bits per heavy atom. The molecule has 0 aromatic carbocycles. The number of carbonyl (C=O) groups is 1. The molecule has 0 bridgehead atoms. The second-order valence-electron chi connectivity index (χ2n) is 4.58. The fourth-order valence-electron chi connectivity index (χ4n) is 1.44. The van der Waals surface area contributed by atoms with E-state index in [0.717, 1.165) is 13.0 Å². The summed E-state index contributed by atoms with van der Waals surface area (Å²) in [6, 6.07) is -0.248. The van der Waals surface area contributed by atoms with E-state index in [2.05, 4.69) is 5.32 Å². The van der Waals surface area contributed by atoms with E-state index in [-0.39, 0.29) is 23.9 Å². The van der Waals surface area contributed by atoms with Crippen LogP contribution in [0.2, 0.25) is 0 Å². The lowest BCUT2D eigenvalue weighted by molar-refractivity contribution is -0.124. The van der Waals surface area contributed by atoms with Crippen LogP contribution < -0.4 is 11.1 Å². The first-order valence-corrected chi connectivity index (χ1v) is 5.59. The van der Waals surface area contributed by atoms with Gasteiger partial charge in [0.15, 0.2) is 0 Å². The number of hydrogen-bond acceptors (Lipinski definition) is 3. The van der Waals surface area contributed by atoms with Crippen molar-refractivity contribution >= 4 is 5.91 Å². The molecule has 0 aliphatic heterocycles. The first-order chi connectivity index (χ1) is 6.88. The summed E-state index contributed by atoms with van der Waals surface area (Å²) in [5.74, 6) is 0.190. The van der Waals surface area contributed by atoms with Crippen molar-refractivity contribution < 1.29 is 4.79 Å². The third-order valence-electron chi connectivity index (χ3n) is 2.59. The summed E-state index contributed by atoms with van der Waals surface area (Å²) >= 11 is 0. The van der Waals surface area contributed by atoms with Crippen LogP contribution in [-0.4, -0.2) is 43.5 Å². The SMILES string of the molecule is CC[C@H](C)[C@H](N)C(=O)NC(C)CN(C)C. The summed E-state index contributed by atoms with van der Waals surface area (Å²) < 4.78 is 0. The highest BCUT2D eigenvalue weighted by Crippen LogP contribution is 2.05. The Hall–Kier alpha value is -0.610. The van der Waals surface area contributed by atoms with Gasteiger partial charge < -0.3 is 16.0 Å². The second kappa shape index (κ2) is 6.80. The van der Waals surface area contributed by atoms with E-state index in [0.29, 0.717) is 0 Å². The number of carbonyl (C=O) groups excluding carboxylic acids is 1. The summed E-state index contributed by atoms with van der Waals surface area (Å²) in [6.45, 7) is 6.86. The number of amides is 1. The zero-order valence-corrected chi connectivity index (χ0v) is 10.6. The maximum absolute atomic E-state index is 11.7. The number of nitrogens with two attached hydrogens (primary N) is 1. The van der Waals surface area contributed by atoms with E-state index < -0.39 is 0 Å². The molecule has 0 aliphatic rings. The van der Waals surface area contributed by atoms with Crippen LogP contribution in [0.25, 0.3) is 0 Å². The molecule has 0 aromatic heterocycles. The number of likely N-dealkylation sites (N-methyl/N-ethyl adjacent to an activating group) is 1. The Morgan fingerprint density at radius 2 is 1.93 bits per heavy atom. The van der Waals surface area contributed by atoms with Gasteiger partial charge in [0, 0.05) is 12.6 Å². The lowest BCUT2D eigenvalue weighted by atomic mass is 9.99. The predicted octanol–water partition coefficient (Wildman–Crippen LogP) is 0.426. The van der Waals surface area contributed by atoms with Gasteiger partial charge in [-0.25, -0.2) is 0 Å². The molecule has 0 saturated carbocycles. The standard InChI is InChI=1S/C11H25N3O/c1-6-8(2)10(12)11(15)13-9(3)7-14(4)5/h8-10H,6-7,12H2,1-5H3,(H,13,15)/t8-,9?,10-/m0/s1. The van der Waals surface area contributed by atoms with E-state index in [1.165, 1.54) is 0 Å². The molecule has 0 saturated heterocycles. The Balaban J connectivity index is 4.01. The van der Waals surface area contributed by atoms with Gasteiger partial charge in [0.05, 0.1) is 6.04 Å². The highest BCUT2D eigenvalue weighted by atomic mass is 16.2. The normalized spacial score (nSPS) is 17.3.